The quantitative estimate of drug-likeness (QED) is 0.885. The van der Waals surface area contributed by atoms with E-state index in [4.69, 9.17) is 4.42 Å². The average Bonchev–Trinajstić information content (AvgIpc) is 3.05. The van der Waals surface area contributed by atoms with Crippen LogP contribution < -0.4 is 5.32 Å². The van der Waals surface area contributed by atoms with E-state index < -0.39 is 0 Å². The Balaban J connectivity index is 1.70. The van der Waals surface area contributed by atoms with Crippen LogP contribution in [0.15, 0.2) is 35.3 Å². The van der Waals surface area contributed by atoms with Crippen molar-refractivity contribution in [3.63, 3.8) is 0 Å². The van der Waals surface area contributed by atoms with Gasteiger partial charge in [0.05, 0.1) is 24.8 Å². The van der Waals surface area contributed by atoms with Crippen molar-refractivity contribution in [1.29, 1.82) is 0 Å². The standard InChI is InChI=1S/C13H16N4O2/c1-16-7-10-5-14-9-17(10)12(8-16)13(18)15-6-11-3-2-4-19-11/h2-5,9,12H,6-8H2,1H3,(H,15,18). The Kier molecular flexibility index (Phi) is 3.08. The molecule has 1 aliphatic heterocycles. The van der Waals surface area contributed by atoms with Crippen molar-refractivity contribution in [3.8, 4) is 0 Å². The topological polar surface area (TPSA) is 63.3 Å². The number of furan rings is 1. The normalized spacial score (nSPS) is 19.1. The van der Waals surface area contributed by atoms with E-state index in [1.165, 1.54) is 0 Å². The Morgan fingerprint density at radius 2 is 2.53 bits per heavy atom. The monoisotopic (exact) mass is 260 g/mol. The third kappa shape index (κ3) is 2.39. The molecule has 0 fully saturated rings. The van der Waals surface area contributed by atoms with Gasteiger partial charge in [-0.3, -0.25) is 9.69 Å². The van der Waals surface area contributed by atoms with Gasteiger partial charge in [-0.25, -0.2) is 4.98 Å². The number of aromatic nitrogens is 2. The first kappa shape index (κ1) is 12.0. The molecular formula is C13H16N4O2. The summed E-state index contributed by atoms with van der Waals surface area (Å²) in [6, 6.07) is 3.42. The molecule has 19 heavy (non-hydrogen) atoms. The summed E-state index contributed by atoms with van der Waals surface area (Å²) in [5.41, 5.74) is 1.06. The van der Waals surface area contributed by atoms with Crippen molar-refractivity contribution in [2.75, 3.05) is 13.6 Å². The van der Waals surface area contributed by atoms with Crippen LogP contribution in [0.1, 0.15) is 17.5 Å². The molecule has 100 valence electrons. The number of nitrogens with one attached hydrogen (secondary N) is 1. The highest BCUT2D eigenvalue weighted by atomic mass is 16.3. The van der Waals surface area contributed by atoms with Crippen LogP contribution in [0.3, 0.4) is 0 Å². The highest BCUT2D eigenvalue weighted by molar-refractivity contribution is 5.80. The number of imidazole rings is 1. The van der Waals surface area contributed by atoms with E-state index in [2.05, 4.69) is 15.2 Å². The number of fused-ring (bicyclic) bond motifs is 1. The van der Waals surface area contributed by atoms with Crippen molar-refractivity contribution in [2.24, 2.45) is 0 Å². The smallest absolute Gasteiger partial charge is 0.244 e. The molecule has 0 aliphatic carbocycles. The van der Waals surface area contributed by atoms with E-state index in [1.807, 2.05) is 29.9 Å². The lowest BCUT2D eigenvalue weighted by Gasteiger charge is -2.30. The molecule has 6 nitrogen and oxygen atoms in total. The lowest BCUT2D eigenvalue weighted by atomic mass is 10.2. The molecule has 2 aromatic heterocycles. The van der Waals surface area contributed by atoms with Crippen LogP contribution in [0.25, 0.3) is 0 Å². The zero-order valence-electron chi connectivity index (χ0n) is 10.7. The maximum atomic E-state index is 12.3. The van der Waals surface area contributed by atoms with Gasteiger partial charge in [0.1, 0.15) is 11.8 Å². The molecule has 1 atom stereocenters. The number of carbonyl (C=O) groups is 1. The molecule has 0 saturated carbocycles. The van der Waals surface area contributed by atoms with Gasteiger partial charge < -0.3 is 14.3 Å². The number of carbonyl (C=O) groups excluding carboxylic acids is 1. The van der Waals surface area contributed by atoms with Crippen LogP contribution in [-0.2, 0) is 17.9 Å². The molecule has 3 rings (SSSR count). The van der Waals surface area contributed by atoms with E-state index >= 15 is 0 Å². The van der Waals surface area contributed by atoms with Gasteiger partial charge in [0.15, 0.2) is 0 Å². The lowest BCUT2D eigenvalue weighted by Crippen LogP contribution is -2.42. The Hall–Kier alpha value is -2.08. The van der Waals surface area contributed by atoms with Gasteiger partial charge in [0, 0.05) is 19.3 Å². The summed E-state index contributed by atoms with van der Waals surface area (Å²) in [4.78, 5) is 18.5. The van der Waals surface area contributed by atoms with E-state index in [-0.39, 0.29) is 11.9 Å². The predicted octanol–water partition coefficient (Wildman–Crippen LogP) is 0.779. The fourth-order valence-corrected chi connectivity index (χ4v) is 2.37. The maximum Gasteiger partial charge on any atom is 0.244 e. The first-order chi connectivity index (χ1) is 9.24. The van der Waals surface area contributed by atoms with Crippen molar-refractivity contribution in [1.82, 2.24) is 19.8 Å². The largest absolute Gasteiger partial charge is 0.467 e. The molecule has 0 aromatic carbocycles. The number of nitrogens with zero attached hydrogens (tertiary/aromatic N) is 3. The molecule has 0 bridgehead atoms. The summed E-state index contributed by atoms with van der Waals surface area (Å²) in [5, 5.41) is 2.90. The van der Waals surface area contributed by atoms with Crippen LogP contribution in [0.4, 0.5) is 0 Å². The molecule has 1 amide bonds. The van der Waals surface area contributed by atoms with Crippen LogP contribution in [0, 0.1) is 0 Å². The molecule has 6 heteroatoms. The minimum absolute atomic E-state index is 0.0119. The molecule has 1 aliphatic rings. The number of likely N-dealkylation sites (N-methyl/N-ethyl adjacent to an activating group) is 1. The van der Waals surface area contributed by atoms with Gasteiger partial charge >= 0.3 is 0 Å². The van der Waals surface area contributed by atoms with Crippen molar-refractivity contribution in [3.05, 3.63) is 42.4 Å². The van der Waals surface area contributed by atoms with E-state index in [0.29, 0.717) is 13.1 Å². The third-order valence-corrected chi connectivity index (χ3v) is 3.32. The molecule has 2 aromatic rings. The molecule has 0 saturated heterocycles. The molecule has 3 heterocycles. The molecule has 1 unspecified atom stereocenters. The van der Waals surface area contributed by atoms with Crippen molar-refractivity contribution >= 4 is 5.91 Å². The molecule has 0 radical (unpaired) electrons. The van der Waals surface area contributed by atoms with Crippen LogP contribution in [0.2, 0.25) is 0 Å². The first-order valence-electron chi connectivity index (χ1n) is 6.23. The number of hydrogen-bond donors (Lipinski definition) is 1. The lowest BCUT2D eigenvalue weighted by molar-refractivity contribution is -0.125. The average molecular weight is 260 g/mol. The summed E-state index contributed by atoms with van der Waals surface area (Å²) in [7, 11) is 2.00. The summed E-state index contributed by atoms with van der Waals surface area (Å²) in [5.74, 6) is 0.741. The Morgan fingerprint density at radius 1 is 1.63 bits per heavy atom. The van der Waals surface area contributed by atoms with Gasteiger partial charge in [-0.1, -0.05) is 0 Å². The zero-order valence-corrected chi connectivity index (χ0v) is 10.7. The molecule has 0 spiro atoms. The van der Waals surface area contributed by atoms with Crippen LogP contribution in [0.5, 0.6) is 0 Å². The van der Waals surface area contributed by atoms with E-state index in [1.54, 1.807) is 12.6 Å². The Bertz CT molecular complexity index is 561. The second-order valence-corrected chi connectivity index (χ2v) is 4.80. The van der Waals surface area contributed by atoms with Gasteiger partial charge in [-0.15, -0.1) is 0 Å². The summed E-state index contributed by atoms with van der Waals surface area (Å²) < 4.78 is 7.14. The highest BCUT2D eigenvalue weighted by Crippen LogP contribution is 2.19. The summed E-state index contributed by atoms with van der Waals surface area (Å²) in [6.07, 6.45) is 5.13. The Morgan fingerprint density at radius 3 is 3.32 bits per heavy atom. The second-order valence-electron chi connectivity index (χ2n) is 4.80. The van der Waals surface area contributed by atoms with Gasteiger partial charge in [-0.05, 0) is 19.2 Å². The summed E-state index contributed by atoms with van der Waals surface area (Å²) in [6.45, 7) is 1.92. The van der Waals surface area contributed by atoms with E-state index in [0.717, 1.165) is 18.0 Å². The number of hydrogen-bond acceptors (Lipinski definition) is 4. The minimum Gasteiger partial charge on any atom is -0.467 e. The number of amides is 1. The minimum atomic E-state index is -0.230. The van der Waals surface area contributed by atoms with Gasteiger partial charge in [-0.2, -0.15) is 0 Å². The molecule has 1 N–H and O–H groups in total. The zero-order chi connectivity index (χ0) is 13.2. The van der Waals surface area contributed by atoms with Gasteiger partial charge in [0.25, 0.3) is 0 Å². The third-order valence-electron chi connectivity index (χ3n) is 3.32. The van der Waals surface area contributed by atoms with Crippen LogP contribution in [-0.4, -0.2) is 34.0 Å². The van der Waals surface area contributed by atoms with Crippen molar-refractivity contribution in [2.45, 2.75) is 19.1 Å². The summed E-state index contributed by atoms with van der Waals surface area (Å²) >= 11 is 0. The molecular weight excluding hydrogens is 244 g/mol. The maximum absolute atomic E-state index is 12.3. The number of rotatable bonds is 3. The fourth-order valence-electron chi connectivity index (χ4n) is 2.37. The Labute approximate surface area is 111 Å². The fraction of sp³-hybridized carbons (Fsp3) is 0.385. The predicted molar refractivity (Wildman–Crippen MR) is 68.2 cm³/mol. The first-order valence-corrected chi connectivity index (χ1v) is 6.23. The SMILES string of the molecule is CN1Cc2cncn2C(C(=O)NCc2ccco2)C1. The van der Waals surface area contributed by atoms with E-state index in [9.17, 15) is 4.79 Å². The highest BCUT2D eigenvalue weighted by Gasteiger charge is 2.28. The van der Waals surface area contributed by atoms with Crippen molar-refractivity contribution < 1.29 is 9.21 Å². The second kappa shape index (κ2) is 4.89. The van der Waals surface area contributed by atoms with Crippen LogP contribution >= 0.6 is 0 Å². The van der Waals surface area contributed by atoms with Gasteiger partial charge in [0.2, 0.25) is 5.91 Å².